The van der Waals surface area contributed by atoms with Crippen LogP contribution in [0.25, 0.3) is 10.9 Å². The molecule has 0 radical (unpaired) electrons. The van der Waals surface area contributed by atoms with Crippen LogP contribution in [0.4, 0.5) is 11.4 Å². The fraction of sp³-hybridized carbons (Fsp3) is 0.111. The van der Waals surface area contributed by atoms with Crippen molar-refractivity contribution in [1.82, 2.24) is 4.98 Å². The number of ether oxygens (including phenoxy) is 1. The molecular weight excluding hydrogens is 292 g/mol. The topological polar surface area (TPSA) is 71.5 Å². The smallest absolute Gasteiger partial charge is 0.335 e. The van der Waals surface area contributed by atoms with Crippen molar-refractivity contribution in [2.75, 3.05) is 12.4 Å². The normalized spacial score (nSPS) is 10.5. The Bertz CT molecular complexity index is 891. The van der Waals surface area contributed by atoms with E-state index in [0.717, 1.165) is 28.0 Å². The zero-order chi connectivity index (χ0) is 16.4. The van der Waals surface area contributed by atoms with Gasteiger partial charge in [-0.25, -0.2) is 4.79 Å². The van der Waals surface area contributed by atoms with E-state index in [-0.39, 0.29) is 5.56 Å². The van der Waals surface area contributed by atoms with Crippen molar-refractivity contribution in [2.45, 2.75) is 6.92 Å². The maximum absolute atomic E-state index is 11.2. The number of carbonyl (C=O) groups is 1. The third-order valence-electron chi connectivity index (χ3n) is 3.56. The highest BCUT2D eigenvalue weighted by Gasteiger charge is 2.10. The summed E-state index contributed by atoms with van der Waals surface area (Å²) >= 11 is 0. The van der Waals surface area contributed by atoms with Gasteiger partial charge in [-0.1, -0.05) is 12.1 Å². The Hall–Kier alpha value is -3.08. The molecule has 0 atom stereocenters. The van der Waals surface area contributed by atoms with Crippen LogP contribution in [0.5, 0.6) is 5.75 Å². The maximum Gasteiger partial charge on any atom is 0.335 e. The standard InChI is InChI=1S/C18H16N2O3/c1-11-9-16(20-15-5-3-4-6-17(15)23-2)13-10-12(18(21)22)7-8-14(13)19-11/h3-10H,1-2H3,(H,19,20)(H,21,22). The molecule has 0 unspecified atom stereocenters. The number of pyridine rings is 1. The number of carboxylic acids is 1. The molecule has 3 rings (SSSR count). The van der Waals surface area contributed by atoms with Crippen molar-refractivity contribution in [2.24, 2.45) is 0 Å². The first kappa shape index (κ1) is 14.8. The van der Waals surface area contributed by atoms with Gasteiger partial charge in [-0.15, -0.1) is 0 Å². The van der Waals surface area contributed by atoms with Gasteiger partial charge in [-0.3, -0.25) is 4.98 Å². The highest BCUT2D eigenvalue weighted by atomic mass is 16.5. The summed E-state index contributed by atoms with van der Waals surface area (Å²) in [6.07, 6.45) is 0. The predicted octanol–water partition coefficient (Wildman–Crippen LogP) is 3.99. The summed E-state index contributed by atoms with van der Waals surface area (Å²) in [4.78, 5) is 15.7. The van der Waals surface area contributed by atoms with Gasteiger partial charge >= 0.3 is 5.97 Å². The number of nitrogens with zero attached hydrogens (tertiary/aromatic N) is 1. The van der Waals surface area contributed by atoms with E-state index in [4.69, 9.17) is 4.74 Å². The van der Waals surface area contributed by atoms with Crippen LogP contribution >= 0.6 is 0 Å². The van der Waals surface area contributed by atoms with Crippen LogP contribution in [0, 0.1) is 6.92 Å². The van der Waals surface area contributed by atoms with E-state index in [1.165, 1.54) is 0 Å². The molecule has 0 saturated heterocycles. The van der Waals surface area contributed by atoms with Gasteiger partial charge in [0, 0.05) is 16.8 Å². The number of carboxylic acid groups (broad SMARTS) is 1. The number of nitrogens with one attached hydrogen (secondary N) is 1. The largest absolute Gasteiger partial charge is 0.495 e. The number of rotatable bonds is 4. The molecule has 0 bridgehead atoms. The van der Waals surface area contributed by atoms with E-state index in [2.05, 4.69) is 10.3 Å². The summed E-state index contributed by atoms with van der Waals surface area (Å²) in [6.45, 7) is 1.90. The van der Waals surface area contributed by atoms with Crippen molar-refractivity contribution in [3.63, 3.8) is 0 Å². The molecular formula is C18H16N2O3. The van der Waals surface area contributed by atoms with E-state index in [1.807, 2.05) is 37.3 Å². The first-order valence-electron chi connectivity index (χ1n) is 7.13. The number of aromatic nitrogens is 1. The van der Waals surface area contributed by atoms with E-state index >= 15 is 0 Å². The fourth-order valence-electron chi connectivity index (χ4n) is 2.49. The van der Waals surface area contributed by atoms with Crippen LogP contribution < -0.4 is 10.1 Å². The molecule has 2 aromatic carbocycles. The Balaban J connectivity index is 2.15. The van der Waals surface area contributed by atoms with Gasteiger partial charge in [0.15, 0.2) is 0 Å². The lowest BCUT2D eigenvalue weighted by Gasteiger charge is -2.14. The number of aryl methyl sites for hydroxylation is 1. The Morgan fingerprint density at radius 2 is 1.91 bits per heavy atom. The second-order valence-corrected chi connectivity index (χ2v) is 5.17. The summed E-state index contributed by atoms with van der Waals surface area (Å²) in [5.41, 5.74) is 3.42. The molecule has 0 aliphatic rings. The molecule has 5 nitrogen and oxygen atoms in total. The van der Waals surface area contributed by atoms with Crippen molar-refractivity contribution in [1.29, 1.82) is 0 Å². The second-order valence-electron chi connectivity index (χ2n) is 5.17. The lowest BCUT2D eigenvalue weighted by molar-refractivity contribution is 0.0697. The van der Waals surface area contributed by atoms with E-state index in [9.17, 15) is 9.90 Å². The summed E-state index contributed by atoms with van der Waals surface area (Å²) in [5.74, 6) is -0.250. The number of fused-ring (bicyclic) bond motifs is 1. The monoisotopic (exact) mass is 308 g/mol. The summed E-state index contributed by atoms with van der Waals surface area (Å²) < 4.78 is 5.35. The molecule has 0 saturated carbocycles. The molecule has 0 fully saturated rings. The summed E-state index contributed by atoms with van der Waals surface area (Å²) in [7, 11) is 1.61. The zero-order valence-corrected chi connectivity index (χ0v) is 12.8. The third-order valence-corrected chi connectivity index (χ3v) is 3.56. The van der Waals surface area contributed by atoms with E-state index < -0.39 is 5.97 Å². The fourth-order valence-corrected chi connectivity index (χ4v) is 2.49. The highest BCUT2D eigenvalue weighted by molar-refractivity contribution is 5.99. The lowest BCUT2D eigenvalue weighted by Crippen LogP contribution is -2.00. The number of anilines is 2. The third kappa shape index (κ3) is 2.94. The van der Waals surface area contributed by atoms with Gasteiger partial charge in [0.05, 0.1) is 23.9 Å². The molecule has 0 aliphatic heterocycles. The number of hydrogen-bond donors (Lipinski definition) is 2. The van der Waals surface area contributed by atoms with Gasteiger partial charge in [0.2, 0.25) is 0 Å². The Morgan fingerprint density at radius 1 is 1.13 bits per heavy atom. The van der Waals surface area contributed by atoms with Crippen LogP contribution in [0.3, 0.4) is 0 Å². The highest BCUT2D eigenvalue weighted by Crippen LogP contribution is 2.31. The molecule has 0 aliphatic carbocycles. The minimum absolute atomic E-state index is 0.228. The minimum atomic E-state index is -0.962. The van der Waals surface area contributed by atoms with Crippen LogP contribution in [0.1, 0.15) is 16.1 Å². The molecule has 23 heavy (non-hydrogen) atoms. The van der Waals surface area contributed by atoms with Crippen LogP contribution in [0.15, 0.2) is 48.5 Å². The van der Waals surface area contributed by atoms with Gasteiger partial charge in [0.25, 0.3) is 0 Å². The van der Waals surface area contributed by atoms with Gasteiger partial charge in [-0.2, -0.15) is 0 Å². The predicted molar refractivity (Wildman–Crippen MR) is 89.7 cm³/mol. The van der Waals surface area contributed by atoms with Crippen LogP contribution in [-0.4, -0.2) is 23.2 Å². The van der Waals surface area contributed by atoms with Gasteiger partial charge in [-0.05, 0) is 43.3 Å². The molecule has 116 valence electrons. The number of hydrogen-bond acceptors (Lipinski definition) is 4. The molecule has 1 aromatic heterocycles. The number of methoxy groups -OCH3 is 1. The minimum Gasteiger partial charge on any atom is -0.495 e. The van der Waals surface area contributed by atoms with Crippen LogP contribution in [0.2, 0.25) is 0 Å². The average Bonchev–Trinajstić information content (AvgIpc) is 2.54. The first-order valence-corrected chi connectivity index (χ1v) is 7.13. The number of para-hydroxylation sites is 2. The van der Waals surface area contributed by atoms with Gasteiger partial charge in [0.1, 0.15) is 5.75 Å². The second kappa shape index (κ2) is 5.96. The molecule has 0 amide bonds. The SMILES string of the molecule is COc1ccccc1Nc1cc(C)nc2ccc(C(=O)O)cc12. The molecule has 2 N–H and O–H groups in total. The molecule has 0 spiro atoms. The zero-order valence-electron chi connectivity index (χ0n) is 12.8. The maximum atomic E-state index is 11.2. The molecule has 3 aromatic rings. The molecule has 1 heterocycles. The Kier molecular flexibility index (Phi) is 3.85. The summed E-state index contributed by atoms with van der Waals surface area (Å²) in [5, 5.41) is 13.3. The van der Waals surface area contributed by atoms with Gasteiger partial charge < -0.3 is 15.2 Å². The summed E-state index contributed by atoms with van der Waals surface area (Å²) in [6, 6.07) is 14.4. The van der Waals surface area contributed by atoms with E-state index in [1.54, 1.807) is 25.3 Å². The molecule has 5 heteroatoms. The quantitative estimate of drug-likeness (QED) is 0.762. The van der Waals surface area contributed by atoms with Crippen molar-refractivity contribution >= 4 is 28.2 Å². The van der Waals surface area contributed by atoms with Crippen molar-refractivity contribution < 1.29 is 14.6 Å². The Morgan fingerprint density at radius 3 is 2.65 bits per heavy atom. The van der Waals surface area contributed by atoms with Crippen LogP contribution in [-0.2, 0) is 0 Å². The number of aromatic carboxylic acids is 1. The van der Waals surface area contributed by atoms with Crippen molar-refractivity contribution in [3.05, 3.63) is 59.8 Å². The lowest BCUT2D eigenvalue weighted by atomic mass is 10.1. The van der Waals surface area contributed by atoms with E-state index in [0.29, 0.717) is 5.75 Å². The average molecular weight is 308 g/mol. The first-order chi connectivity index (χ1) is 11.1. The number of benzene rings is 2. The van der Waals surface area contributed by atoms with Crippen molar-refractivity contribution in [3.8, 4) is 5.75 Å². The Labute approximate surface area is 133 Å².